The van der Waals surface area contributed by atoms with Crippen molar-refractivity contribution in [2.75, 3.05) is 19.8 Å². The number of halogens is 3. The smallest absolute Gasteiger partial charge is 0.133 e. The third-order valence-electron chi connectivity index (χ3n) is 2.31. The van der Waals surface area contributed by atoms with Crippen molar-refractivity contribution in [2.24, 2.45) is 0 Å². The lowest BCUT2D eigenvalue weighted by Gasteiger charge is -2.24. The van der Waals surface area contributed by atoms with Gasteiger partial charge in [0.2, 0.25) is 0 Å². The second kappa shape index (κ2) is 4.20. The zero-order valence-electron chi connectivity index (χ0n) is 7.90. The van der Waals surface area contributed by atoms with E-state index in [-0.39, 0.29) is 12.2 Å². The molecule has 1 heterocycles. The summed E-state index contributed by atoms with van der Waals surface area (Å²) in [4.78, 5) is 0. The first-order valence-corrected chi connectivity index (χ1v) is 4.64. The standard InChI is InChI=1S/C10H10F3NO/c11-6-3-7(12)10(8(13)4-6)9-5-15-2-1-14-9/h3-4,9,14H,1-2,5H2/t9-/m1/s1. The molecule has 1 N–H and O–H groups in total. The quantitative estimate of drug-likeness (QED) is 0.774. The molecule has 2 rings (SSSR count). The Kier molecular flexibility index (Phi) is 2.93. The van der Waals surface area contributed by atoms with Gasteiger partial charge in [-0.25, -0.2) is 13.2 Å². The Hall–Kier alpha value is -1.07. The van der Waals surface area contributed by atoms with Crippen molar-refractivity contribution >= 4 is 0 Å². The molecule has 15 heavy (non-hydrogen) atoms. The zero-order chi connectivity index (χ0) is 10.8. The topological polar surface area (TPSA) is 21.3 Å². The van der Waals surface area contributed by atoms with Crippen molar-refractivity contribution in [1.82, 2.24) is 5.32 Å². The molecule has 5 heteroatoms. The first-order chi connectivity index (χ1) is 7.18. The largest absolute Gasteiger partial charge is 0.378 e. The Morgan fingerprint density at radius 3 is 2.40 bits per heavy atom. The Labute approximate surface area is 85.0 Å². The Morgan fingerprint density at radius 1 is 1.20 bits per heavy atom. The number of rotatable bonds is 1. The van der Waals surface area contributed by atoms with E-state index in [0.717, 1.165) is 0 Å². The minimum absolute atomic E-state index is 0.156. The van der Waals surface area contributed by atoms with Crippen LogP contribution in [0, 0.1) is 17.5 Å². The van der Waals surface area contributed by atoms with Gasteiger partial charge in [-0.05, 0) is 0 Å². The SMILES string of the molecule is Fc1cc(F)c([C@H]2COCCN2)c(F)c1. The maximum absolute atomic E-state index is 13.3. The molecule has 0 aliphatic carbocycles. The molecule has 0 radical (unpaired) electrons. The minimum atomic E-state index is -0.912. The van der Waals surface area contributed by atoms with E-state index in [1.54, 1.807) is 0 Å². The fraction of sp³-hybridized carbons (Fsp3) is 0.400. The van der Waals surface area contributed by atoms with Gasteiger partial charge in [-0.1, -0.05) is 0 Å². The molecule has 1 aromatic carbocycles. The molecular weight excluding hydrogens is 207 g/mol. The van der Waals surface area contributed by atoms with Gasteiger partial charge >= 0.3 is 0 Å². The fourth-order valence-electron chi connectivity index (χ4n) is 1.64. The number of hydrogen-bond donors (Lipinski definition) is 1. The number of morpholine rings is 1. The van der Waals surface area contributed by atoms with Crippen molar-refractivity contribution < 1.29 is 17.9 Å². The van der Waals surface area contributed by atoms with E-state index in [4.69, 9.17) is 4.74 Å². The summed E-state index contributed by atoms with van der Waals surface area (Å²) in [5, 5.41) is 2.91. The summed E-state index contributed by atoms with van der Waals surface area (Å²) >= 11 is 0. The molecule has 82 valence electrons. The average molecular weight is 217 g/mol. The van der Waals surface area contributed by atoms with Crippen LogP contribution in [0.3, 0.4) is 0 Å². The van der Waals surface area contributed by atoms with Crippen LogP contribution < -0.4 is 5.32 Å². The second-order valence-electron chi connectivity index (χ2n) is 3.36. The normalized spacial score (nSPS) is 21.7. The van der Waals surface area contributed by atoms with Crippen LogP contribution in [-0.4, -0.2) is 19.8 Å². The second-order valence-corrected chi connectivity index (χ2v) is 3.36. The summed E-state index contributed by atoms with van der Waals surface area (Å²) in [7, 11) is 0. The van der Waals surface area contributed by atoms with E-state index in [1.807, 2.05) is 0 Å². The summed E-state index contributed by atoms with van der Waals surface area (Å²) in [6, 6.07) is 0.808. The molecule has 1 saturated heterocycles. The molecule has 0 aromatic heterocycles. The van der Waals surface area contributed by atoms with Gasteiger partial charge in [0.1, 0.15) is 17.5 Å². The first-order valence-electron chi connectivity index (χ1n) is 4.64. The van der Waals surface area contributed by atoms with Crippen LogP contribution in [0.4, 0.5) is 13.2 Å². The van der Waals surface area contributed by atoms with E-state index in [2.05, 4.69) is 5.32 Å². The molecule has 1 atom stereocenters. The molecule has 0 saturated carbocycles. The third-order valence-corrected chi connectivity index (χ3v) is 2.31. The molecule has 0 amide bonds. The van der Waals surface area contributed by atoms with E-state index >= 15 is 0 Å². The number of benzene rings is 1. The number of hydrogen-bond acceptors (Lipinski definition) is 2. The van der Waals surface area contributed by atoms with Crippen molar-refractivity contribution in [3.05, 3.63) is 35.1 Å². The monoisotopic (exact) mass is 217 g/mol. The van der Waals surface area contributed by atoms with Gasteiger partial charge in [0.05, 0.1) is 19.3 Å². The summed E-state index contributed by atoms with van der Waals surface area (Å²) in [6.45, 7) is 1.24. The molecule has 0 unspecified atom stereocenters. The zero-order valence-corrected chi connectivity index (χ0v) is 7.90. The Bertz CT molecular complexity index is 341. The molecular formula is C10H10F3NO. The van der Waals surface area contributed by atoms with Crippen molar-refractivity contribution in [2.45, 2.75) is 6.04 Å². The summed E-state index contributed by atoms with van der Waals surface area (Å²) in [5.41, 5.74) is -0.156. The van der Waals surface area contributed by atoms with E-state index < -0.39 is 23.5 Å². The first kappa shape index (κ1) is 10.4. The lowest BCUT2D eigenvalue weighted by Crippen LogP contribution is -2.35. The highest BCUT2D eigenvalue weighted by molar-refractivity contribution is 5.24. The molecule has 1 fully saturated rings. The van der Waals surface area contributed by atoms with Gasteiger partial charge in [-0.2, -0.15) is 0 Å². The van der Waals surface area contributed by atoms with Crippen LogP contribution in [0.25, 0.3) is 0 Å². The molecule has 2 nitrogen and oxygen atoms in total. The van der Waals surface area contributed by atoms with Crippen molar-refractivity contribution in [3.8, 4) is 0 Å². The molecule has 1 aromatic rings. The van der Waals surface area contributed by atoms with Crippen LogP contribution >= 0.6 is 0 Å². The van der Waals surface area contributed by atoms with Crippen LogP contribution in [0.1, 0.15) is 11.6 Å². The summed E-state index contributed by atoms with van der Waals surface area (Å²) in [6.07, 6.45) is 0. The van der Waals surface area contributed by atoms with Crippen molar-refractivity contribution in [3.63, 3.8) is 0 Å². The molecule has 1 aliphatic rings. The third kappa shape index (κ3) is 2.13. The highest BCUT2D eigenvalue weighted by Gasteiger charge is 2.23. The van der Waals surface area contributed by atoms with Crippen LogP contribution in [0.5, 0.6) is 0 Å². The van der Waals surface area contributed by atoms with Gasteiger partial charge in [0.25, 0.3) is 0 Å². The van der Waals surface area contributed by atoms with Gasteiger partial charge in [-0.3, -0.25) is 0 Å². The Morgan fingerprint density at radius 2 is 1.87 bits per heavy atom. The van der Waals surface area contributed by atoms with Gasteiger partial charge in [0.15, 0.2) is 0 Å². The van der Waals surface area contributed by atoms with Gasteiger partial charge < -0.3 is 10.1 Å². The van der Waals surface area contributed by atoms with Crippen LogP contribution in [0.15, 0.2) is 12.1 Å². The van der Waals surface area contributed by atoms with E-state index in [9.17, 15) is 13.2 Å². The molecule has 0 bridgehead atoms. The van der Waals surface area contributed by atoms with Crippen molar-refractivity contribution in [1.29, 1.82) is 0 Å². The Balaban J connectivity index is 2.33. The maximum atomic E-state index is 13.3. The van der Waals surface area contributed by atoms with Crippen LogP contribution in [-0.2, 0) is 4.74 Å². The van der Waals surface area contributed by atoms with Gasteiger partial charge in [-0.15, -0.1) is 0 Å². The predicted octanol–water partition coefficient (Wildman–Crippen LogP) is 1.76. The van der Waals surface area contributed by atoms with E-state index in [1.165, 1.54) is 0 Å². The maximum Gasteiger partial charge on any atom is 0.133 e. The number of ether oxygens (including phenoxy) is 1. The highest BCUT2D eigenvalue weighted by atomic mass is 19.1. The van der Waals surface area contributed by atoms with E-state index in [0.29, 0.717) is 25.3 Å². The fourth-order valence-corrected chi connectivity index (χ4v) is 1.64. The summed E-state index contributed by atoms with van der Waals surface area (Å²) < 4.78 is 44.4. The summed E-state index contributed by atoms with van der Waals surface area (Å²) in [5.74, 6) is -2.67. The molecule has 1 aliphatic heterocycles. The lowest BCUT2D eigenvalue weighted by molar-refractivity contribution is 0.0744. The highest BCUT2D eigenvalue weighted by Crippen LogP contribution is 2.23. The lowest BCUT2D eigenvalue weighted by atomic mass is 10.1. The molecule has 0 spiro atoms. The minimum Gasteiger partial charge on any atom is -0.378 e. The predicted molar refractivity (Wildman–Crippen MR) is 47.9 cm³/mol. The number of nitrogens with one attached hydrogen (secondary N) is 1. The van der Waals surface area contributed by atoms with Crippen LogP contribution in [0.2, 0.25) is 0 Å². The average Bonchev–Trinajstić information content (AvgIpc) is 2.17. The van der Waals surface area contributed by atoms with Gasteiger partial charge in [0, 0.05) is 24.2 Å².